The molecule has 0 heterocycles. The highest BCUT2D eigenvalue weighted by atomic mass is 16.6. The molecule has 0 atom stereocenters. The molecular formula is C13H17N3O3. The van der Waals surface area contributed by atoms with Gasteiger partial charge in [0.05, 0.1) is 22.7 Å². The molecule has 1 aromatic rings. The summed E-state index contributed by atoms with van der Waals surface area (Å²) in [5, 5.41) is 22.6. The quantitative estimate of drug-likeness (QED) is 0.464. The first-order chi connectivity index (χ1) is 9.04. The summed E-state index contributed by atoms with van der Waals surface area (Å²) in [6, 6.07) is 6.22. The van der Waals surface area contributed by atoms with E-state index in [9.17, 15) is 10.1 Å². The van der Waals surface area contributed by atoms with E-state index >= 15 is 0 Å². The summed E-state index contributed by atoms with van der Waals surface area (Å²) < 4.78 is 5.38. The van der Waals surface area contributed by atoms with Crippen molar-refractivity contribution in [1.29, 1.82) is 5.26 Å². The maximum absolute atomic E-state index is 10.9. The molecule has 0 saturated heterocycles. The summed E-state index contributed by atoms with van der Waals surface area (Å²) in [7, 11) is 0. The molecule has 0 saturated carbocycles. The van der Waals surface area contributed by atoms with Gasteiger partial charge in [0.15, 0.2) is 0 Å². The minimum Gasteiger partial charge on any atom is -0.379 e. The van der Waals surface area contributed by atoms with Crippen LogP contribution in [0, 0.1) is 21.4 Å². The van der Waals surface area contributed by atoms with Crippen molar-refractivity contribution < 1.29 is 9.66 Å². The summed E-state index contributed by atoms with van der Waals surface area (Å²) in [5.41, 5.74) is 0.740. The molecule has 19 heavy (non-hydrogen) atoms. The number of nitrogens with one attached hydrogen (secondary N) is 1. The van der Waals surface area contributed by atoms with Crippen molar-refractivity contribution >= 4 is 11.4 Å². The first kappa shape index (κ1) is 14.9. The highest BCUT2D eigenvalue weighted by molar-refractivity contribution is 5.64. The van der Waals surface area contributed by atoms with Crippen molar-refractivity contribution in [2.45, 2.75) is 26.4 Å². The van der Waals surface area contributed by atoms with E-state index in [0.717, 1.165) is 6.42 Å². The molecular weight excluding hydrogens is 246 g/mol. The highest BCUT2D eigenvalue weighted by Crippen LogP contribution is 2.25. The van der Waals surface area contributed by atoms with Crippen LogP contribution in [0.15, 0.2) is 18.2 Å². The van der Waals surface area contributed by atoms with E-state index in [0.29, 0.717) is 24.4 Å². The topological polar surface area (TPSA) is 88.2 Å². The van der Waals surface area contributed by atoms with Crippen LogP contribution < -0.4 is 5.32 Å². The fourth-order valence-corrected chi connectivity index (χ4v) is 1.52. The molecule has 0 aromatic heterocycles. The van der Waals surface area contributed by atoms with E-state index in [1.54, 1.807) is 0 Å². The number of nitro benzene ring substituents is 1. The summed E-state index contributed by atoms with van der Waals surface area (Å²) in [4.78, 5) is 10.4. The van der Waals surface area contributed by atoms with Gasteiger partial charge in [-0.05, 0) is 32.4 Å². The van der Waals surface area contributed by atoms with E-state index in [1.165, 1.54) is 18.2 Å². The number of hydrogen-bond acceptors (Lipinski definition) is 5. The second kappa shape index (κ2) is 7.34. The predicted octanol–water partition coefficient (Wildman–Crippen LogP) is 2.69. The SMILES string of the molecule is CC(C)OCCCNc1cc(C#N)ccc1[N+](=O)[O-]. The highest BCUT2D eigenvalue weighted by Gasteiger charge is 2.13. The Bertz CT molecular complexity index is 481. The fourth-order valence-electron chi connectivity index (χ4n) is 1.52. The van der Waals surface area contributed by atoms with Gasteiger partial charge in [-0.1, -0.05) is 0 Å². The molecule has 1 N–H and O–H groups in total. The summed E-state index contributed by atoms with van der Waals surface area (Å²) in [6.07, 6.45) is 0.919. The molecule has 0 fully saturated rings. The van der Waals surface area contributed by atoms with Gasteiger partial charge in [-0.25, -0.2) is 0 Å². The third kappa shape index (κ3) is 4.94. The van der Waals surface area contributed by atoms with Crippen LogP contribution in [0.1, 0.15) is 25.8 Å². The molecule has 0 aliphatic heterocycles. The fraction of sp³-hybridized carbons (Fsp3) is 0.462. The summed E-state index contributed by atoms with van der Waals surface area (Å²) in [5.74, 6) is 0. The zero-order chi connectivity index (χ0) is 14.3. The molecule has 0 bridgehead atoms. The average molecular weight is 263 g/mol. The van der Waals surface area contributed by atoms with E-state index in [1.807, 2.05) is 19.9 Å². The van der Waals surface area contributed by atoms with Gasteiger partial charge >= 0.3 is 0 Å². The molecule has 1 rings (SSSR count). The van der Waals surface area contributed by atoms with Gasteiger partial charge in [-0.3, -0.25) is 10.1 Å². The first-order valence-electron chi connectivity index (χ1n) is 6.08. The van der Waals surface area contributed by atoms with Crippen LogP contribution in [-0.4, -0.2) is 24.2 Å². The van der Waals surface area contributed by atoms with Gasteiger partial charge in [0.25, 0.3) is 5.69 Å². The van der Waals surface area contributed by atoms with Crippen LogP contribution in [0.4, 0.5) is 11.4 Å². The van der Waals surface area contributed by atoms with Gasteiger partial charge in [-0.2, -0.15) is 5.26 Å². The Hall–Kier alpha value is -2.13. The monoisotopic (exact) mass is 263 g/mol. The van der Waals surface area contributed by atoms with E-state index < -0.39 is 4.92 Å². The predicted molar refractivity (Wildman–Crippen MR) is 72.0 cm³/mol. The van der Waals surface area contributed by atoms with Crippen LogP contribution in [0.5, 0.6) is 0 Å². The number of nitrogens with zero attached hydrogens (tertiary/aromatic N) is 2. The molecule has 0 amide bonds. The molecule has 0 spiro atoms. The summed E-state index contributed by atoms with van der Waals surface area (Å²) in [6.45, 7) is 5.06. The largest absolute Gasteiger partial charge is 0.379 e. The van der Waals surface area contributed by atoms with Crippen molar-refractivity contribution in [2.24, 2.45) is 0 Å². The lowest BCUT2D eigenvalue weighted by atomic mass is 10.2. The van der Waals surface area contributed by atoms with Crippen LogP contribution in [0.3, 0.4) is 0 Å². The standard InChI is InChI=1S/C13H17N3O3/c1-10(2)19-7-3-6-15-12-8-11(9-14)4-5-13(12)16(17)18/h4-5,8,10,15H,3,6-7H2,1-2H3. The van der Waals surface area contributed by atoms with Crippen molar-refractivity contribution in [1.82, 2.24) is 0 Å². The van der Waals surface area contributed by atoms with Crippen molar-refractivity contribution in [3.8, 4) is 6.07 Å². The smallest absolute Gasteiger partial charge is 0.292 e. The molecule has 0 aliphatic rings. The van der Waals surface area contributed by atoms with Crippen molar-refractivity contribution in [3.05, 3.63) is 33.9 Å². The average Bonchev–Trinajstić information content (AvgIpc) is 2.37. The second-order valence-electron chi connectivity index (χ2n) is 4.30. The maximum Gasteiger partial charge on any atom is 0.292 e. The minimum atomic E-state index is -0.464. The molecule has 0 radical (unpaired) electrons. The van der Waals surface area contributed by atoms with Crippen LogP contribution in [-0.2, 0) is 4.74 Å². The molecule has 1 aromatic carbocycles. The lowest BCUT2D eigenvalue weighted by Gasteiger charge is -2.09. The Morgan fingerprint density at radius 2 is 2.26 bits per heavy atom. The Balaban J connectivity index is 2.60. The van der Waals surface area contributed by atoms with Crippen LogP contribution in [0.25, 0.3) is 0 Å². The Labute approximate surface area is 112 Å². The molecule has 0 aliphatic carbocycles. The zero-order valence-electron chi connectivity index (χ0n) is 11.0. The van der Waals surface area contributed by atoms with Crippen LogP contribution >= 0.6 is 0 Å². The van der Waals surface area contributed by atoms with Gasteiger partial charge in [0.1, 0.15) is 5.69 Å². The lowest BCUT2D eigenvalue weighted by molar-refractivity contribution is -0.384. The van der Waals surface area contributed by atoms with Gasteiger partial charge in [0.2, 0.25) is 0 Å². The normalized spacial score (nSPS) is 10.2. The first-order valence-corrected chi connectivity index (χ1v) is 6.08. The lowest BCUT2D eigenvalue weighted by Crippen LogP contribution is -2.10. The minimum absolute atomic E-state index is 0.0243. The zero-order valence-corrected chi connectivity index (χ0v) is 11.0. The van der Waals surface area contributed by atoms with Crippen LogP contribution in [0.2, 0.25) is 0 Å². The number of nitro groups is 1. The number of anilines is 1. The van der Waals surface area contributed by atoms with E-state index in [4.69, 9.17) is 10.00 Å². The second-order valence-corrected chi connectivity index (χ2v) is 4.30. The molecule has 6 nitrogen and oxygen atoms in total. The van der Waals surface area contributed by atoms with Crippen molar-refractivity contribution in [2.75, 3.05) is 18.5 Å². The third-order valence-electron chi connectivity index (χ3n) is 2.41. The van der Waals surface area contributed by atoms with E-state index in [2.05, 4.69) is 5.32 Å². The molecule has 102 valence electrons. The van der Waals surface area contributed by atoms with Gasteiger partial charge in [0, 0.05) is 19.2 Å². The Morgan fingerprint density at radius 1 is 1.53 bits per heavy atom. The molecule has 6 heteroatoms. The number of ether oxygens (including phenoxy) is 1. The number of nitriles is 1. The number of benzene rings is 1. The van der Waals surface area contributed by atoms with Gasteiger partial charge in [-0.15, -0.1) is 0 Å². The van der Waals surface area contributed by atoms with Crippen molar-refractivity contribution in [3.63, 3.8) is 0 Å². The number of rotatable bonds is 7. The Kier molecular flexibility index (Phi) is 5.76. The van der Waals surface area contributed by atoms with Gasteiger partial charge < -0.3 is 10.1 Å². The summed E-state index contributed by atoms with van der Waals surface area (Å²) >= 11 is 0. The molecule has 0 unspecified atom stereocenters. The van der Waals surface area contributed by atoms with E-state index in [-0.39, 0.29) is 11.8 Å². The maximum atomic E-state index is 10.9. The Morgan fingerprint density at radius 3 is 2.84 bits per heavy atom. The third-order valence-corrected chi connectivity index (χ3v) is 2.41. The number of hydrogen-bond donors (Lipinski definition) is 1.